The molecule has 1 aromatic carbocycles. The van der Waals surface area contributed by atoms with Gasteiger partial charge >= 0.3 is 0 Å². The fourth-order valence-corrected chi connectivity index (χ4v) is 2.75. The first kappa shape index (κ1) is 19.2. The average Bonchev–Trinajstić information content (AvgIpc) is 2.36. The zero-order valence-corrected chi connectivity index (χ0v) is 14.2. The molecule has 0 saturated heterocycles. The molecule has 0 spiro atoms. The molecule has 0 aliphatic heterocycles. The molecule has 4 heteroatoms. The van der Waals surface area contributed by atoms with E-state index in [0.29, 0.717) is 0 Å². The predicted octanol–water partition coefficient (Wildman–Crippen LogP) is 3.16. The standard InChI is InChI=1S/C16H27NO2.ClH/c1-12(2)16(18,13(3)11-17(4)5)14-8-7-9-15(10-14)19-6;/h7-10,12-13,18H,11H2,1-6H3;1H. The second-order valence-corrected chi connectivity index (χ2v) is 5.88. The number of rotatable bonds is 6. The van der Waals surface area contributed by atoms with Crippen molar-refractivity contribution in [1.29, 1.82) is 0 Å². The normalized spacial score (nSPS) is 15.7. The summed E-state index contributed by atoms with van der Waals surface area (Å²) < 4.78 is 5.27. The van der Waals surface area contributed by atoms with Crippen LogP contribution < -0.4 is 4.74 Å². The summed E-state index contributed by atoms with van der Waals surface area (Å²) in [5.41, 5.74) is 0.0786. The Morgan fingerprint density at radius 3 is 2.30 bits per heavy atom. The largest absolute Gasteiger partial charge is 0.497 e. The molecule has 20 heavy (non-hydrogen) atoms. The molecular formula is C16H28ClNO2. The quantitative estimate of drug-likeness (QED) is 0.876. The maximum Gasteiger partial charge on any atom is 0.119 e. The van der Waals surface area contributed by atoms with Crippen LogP contribution in [-0.4, -0.2) is 37.8 Å². The van der Waals surface area contributed by atoms with Gasteiger partial charge in [0.15, 0.2) is 0 Å². The third kappa shape index (κ3) is 4.11. The van der Waals surface area contributed by atoms with Crippen molar-refractivity contribution < 1.29 is 9.84 Å². The van der Waals surface area contributed by atoms with E-state index >= 15 is 0 Å². The maximum absolute atomic E-state index is 11.2. The van der Waals surface area contributed by atoms with E-state index < -0.39 is 5.60 Å². The van der Waals surface area contributed by atoms with Gasteiger partial charge in [-0.2, -0.15) is 0 Å². The van der Waals surface area contributed by atoms with Crippen LogP contribution in [0.15, 0.2) is 24.3 Å². The van der Waals surface area contributed by atoms with Crippen molar-refractivity contribution in [3.05, 3.63) is 29.8 Å². The smallest absolute Gasteiger partial charge is 0.119 e. The third-order valence-corrected chi connectivity index (χ3v) is 3.80. The summed E-state index contributed by atoms with van der Waals surface area (Å²) in [6, 6.07) is 7.76. The lowest BCUT2D eigenvalue weighted by atomic mass is 9.74. The molecule has 3 nitrogen and oxygen atoms in total. The van der Waals surface area contributed by atoms with Crippen LogP contribution in [0.3, 0.4) is 0 Å². The second-order valence-electron chi connectivity index (χ2n) is 5.88. The van der Waals surface area contributed by atoms with Crippen LogP contribution in [0.25, 0.3) is 0 Å². The van der Waals surface area contributed by atoms with Crippen LogP contribution in [-0.2, 0) is 5.60 Å². The Bertz CT molecular complexity index is 409. The first-order valence-electron chi connectivity index (χ1n) is 6.84. The van der Waals surface area contributed by atoms with Crippen molar-refractivity contribution >= 4 is 12.4 Å². The third-order valence-electron chi connectivity index (χ3n) is 3.80. The summed E-state index contributed by atoms with van der Waals surface area (Å²) in [7, 11) is 5.71. The molecule has 1 aromatic rings. The van der Waals surface area contributed by atoms with Crippen LogP contribution in [0.4, 0.5) is 0 Å². The zero-order chi connectivity index (χ0) is 14.6. The molecule has 0 heterocycles. The van der Waals surface area contributed by atoms with E-state index in [1.54, 1.807) is 7.11 Å². The SMILES string of the molecule is COc1cccc(C(O)(C(C)C)C(C)CN(C)C)c1.Cl. The number of methoxy groups -OCH3 is 1. The average molecular weight is 302 g/mol. The van der Waals surface area contributed by atoms with Gasteiger partial charge < -0.3 is 14.7 Å². The first-order valence-corrected chi connectivity index (χ1v) is 6.84. The van der Waals surface area contributed by atoms with Crippen molar-refractivity contribution in [3.63, 3.8) is 0 Å². The molecule has 2 atom stereocenters. The lowest BCUT2D eigenvalue weighted by Crippen LogP contribution is -2.43. The van der Waals surface area contributed by atoms with E-state index in [1.165, 1.54) is 0 Å². The van der Waals surface area contributed by atoms with E-state index in [2.05, 4.69) is 25.7 Å². The minimum atomic E-state index is -0.848. The molecular weight excluding hydrogens is 274 g/mol. The topological polar surface area (TPSA) is 32.7 Å². The van der Waals surface area contributed by atoms with E-state index in [0.717, 1.165) is 17.9 Å². The van der Waals surface area contributed by atoms with Gasteiger partial charge in [-0.15, -0.1) is 12.4 Å². The number of hydrogen-bond donors (Lipinski definition) is 1. The van der Waals surface area contributed by atoms with Gasteiger partial charge in [0.2, 0.25) is 0 Å². The van der Waals surface area contributed by atoms with Crippen LogP contribution in [0.2, 0.25) is 0 Å². The molecule has 0 saturated carbocycles. The van der Waals surface area contributed by atoms with Crippen LogP contribution in [0.5, 0.6) is 5.75 Å². The summed E-state index contributed by atoms with van der Waals surface area (Å²) in [5.74, 6) is 1.05. The monoisotopic (exact) mass is 301 g/mol. The van der Waals surface area contributed by atoms with Crippen molar-refractivity contribution in [2.45, 2.75) is 26.4 Å². The summed E-state index contributed by atoms with van der Waals surface area (Å²) in [5, 5.41) is 11.2. The summed E-state index contributed by atoms with van der Waals surface area (Å²) >= 11 is 0. The number of halogens is 1. The van der Waals surface area contributed by atoms with E-state index in [4.69, 9.17) is 4.74 Å². The summed E-state index contributed by atoms with van der Waals surface area (Å²) in [6.45, 7) is 7.06. The molecule has 0 radical (unpaired) electrons. The molecule has 0 aromatic heterocycles. The fourth-order valence-electron chi connectivity index (χ4n) is 2.75. The maximum atomic E-state index is 11.2. The van der Waals surface area contributed by atoms with Gasteiger partial charge in [-0.3, -0.25) is 0 Å². The van der Waals surface area contributed by atoms with Gasteiger partial charge in [-0.25, -0.2) is 0 Å². The van der Waals surface area contributed by atoms with Gasteiger partial charge in [0.25, 0.3) is 0 Å². The number of aliphatic hydroxyl groups is 1. The molecule has 0 aliphatic rings. The Kier molecular flexibility index (Phi) is 7.56. The Morgan fingerprint density at radius 1 is 1.25 bits per heavy atom. The minimum absolute atomic E-state index is 0. The van der Waals surface area contributed by atoms with Crippen molar-refractivity contribution in [3.8, 4) is 5.75 Å². The Balaban J connectivity index is 0.00000361. The van der Waals surface area contributed by atoms with Crippen LogP contribution in [0.1, 0.15) is 26.3 Å². The zero-order valence-electron chi connectivity index (χ0n) is 13.4. The lowest BCUT2D eigenvalue weighted by molar-refractivity contribution is -0.0658. The van der Waals surface area contributed by atoms with Crippen molar-refractivity contribution in [2.75, 3.05) is 27.7 Å². The Labute approximate surface area is 129 Å². The van der Waals surface area contributed by atoms with E-state index in [9.17, 15) is 5.11 Å². The number of ether oxygens (including phenoxy) is 1. The first-order chi connectivity index (χ1) is 8.82. The summed E-state index contributed by atoms with van der Waals surface area (Å²) in [4.78, 5) is 2.11. The summed E-state index contributed by atoms with van der Waals surface area (Å²) in [6.07, 6.45) is 0. The lowest BCUT2D eigenvalue weighted by Gasteiger charge is -2.39. The van der Waals surface area contributed by atoms with Crippen LogP contribution >= 0.6 is 12.4 Å². The minimum Gasteiger partial charge on any atom is -0.497 e. The fraction of sp³-hybridized carbons (Fsp3) is 0.625. The predicted molar refractivity (Wildman–Crippen MR) is 86.7 cm³/mol. The Morgan fingerprint density at radius 2 is 1.85 bits per heavy atom. The molecule has 0 fully saturated rings. The van der Waals surface area contributed by atoms with Gasteiger partial charge in [0, 0.05) is 12.5 Å². The Hall–Kier alpha value is -0.770. The molecule has 1 rings (SSSR count). The van der Waals surface area contributed by atoms with Gasteiger partial charge in [0.05, 0.1) is 12.7 Å². The molecule has 2 unspecified atom stereocenters. The van der Waals surface area contributed by atoms with E-state index in [-0.39, 0.29) is 24.2 Å². The van der Waals surface area contributed by atoms with Gasteiger partial charge in [0.1, 0.15) is 5.75 Å². The van der Waals surface area contributed by atoms with Gasteiger partial charge in [-0.1, -0.05) is 32.9 Å². The number of nitrogens with zero attached hydrogens (tertiary/aromatic N) is 1. The van der Waals surface area contributed by atoms with Gasteiger partial charge in [-0.05, 0) is 37.7 Å². The van der Waals surface area contributed by atoms with Crippen LogP contribution in [0, 0.1) is 11.8 Å². The molecule has 0 amide bonds. The van der Waals surface area contributed by atoms with Crippen molar-refractivity contribution in [1.82, 2.24) is 4.90 Å². The molecule has 0 aliphatic carbocycles. The second kappa shape index (κ2) is 7.87. The molecule has 0 bridgehead atoms. The highest BCUT2D eigenvalue weighted by atomic mass is 35.5. The van der Waals surface area contributed by atoms with E-state index in [1.807, 2.05) is 38.4 Å². The molecule has 116 valence electrons. The number of hydrogen-bond acceptors (Lipinski definition) is 3. The highest BCUT2D eigenvalue weighted by Gasteiger charge is 2.39. The van der Waals surface area contributed by atoms with Crippen molar-refractivity contribution in [2.24, 2.45) is 11.8 Å². The highest BCUT2D eigenvalue weighted by Crippen LogP contribution is 2.38. The molecule has 1 N–H and O–H groups in total. The number of benzene rings is 1. The highest BCUT2D eigenvalue weighted by molar-refractivity contribution is 5.85.